The average Bonchev–Trinajstić information content (AvgIpc) is 2.78. The summed E-state index contributed by atoms with van der Waals surface area (Å²) in [5.41, 5.74) is 0.616. The van der Waals surface area contributed by atoms with Crippen LogP contribution in [-0.2, 0) is 9.84 Å². The van der Waals surface area contributed by atoms with Crippen LogP contribution in [0.15, 0.2) is 17.6 Å². The predicted molar refractivity (Wildman–Crippen MR) is 106 cm³/mol. The van der Waals surface area contributed by atoms with Crippen molar-refractivity contribution < 1.29 is 8.42 Å². The maximum Gasteiger partial charge on any atom is 0.191 e. The van der Waals surface area contributed by atoms with E-state index in [1.54, 1.807) is 0 Å². The molecule has 2 N–H and O–H groups in total. The summed E-state index contributed by atoms with van der Waals surface area (Å²) < 4.78 is 23.2. The van der Waals surface area contributed by atoms with Crippen molar-refractivity contribution in [3.63, 3.8) is 0 Å². The topological polar surface area (TPSA) is 70.6 Å². The lowest BCUT2D eigenvalue weighted by Gasteiger charge is -2.45. The first kappa shape index (κ1) is 20.3. The smallest absolute Gasteiger partial charge is 0.191 e. The molecule has 2 fully saturated rings. The van der Waals surface area contributed by atoms with E-state index in [2.05, 4.69) is 49.9 Å². The Morgan fingerprint density at radius 1 is 1.24 bits per heavy atom. The molecule has 0 spiro atoms. The first-order valence-electron chi connectivity index (χ1n) is 9.36. The van der Waals surface area contributed by atoms with Gasteiger partial charge in [-0.15, -0.1) is 6.58 Å². The van der Waals surface area contributed by atoms with Crippen molar-refractivity contribution in [2.75, 3.05) is 24.6 Å². The Balaban J connectivity index is 2.01. The van der Waals surface area contributed by atoms with Gasteiger partial charge in [0.25, 0.3) is 0 Å². The fourth-order valence-electron chi connectivity index (χ4n) is 4.70. The van der Waals surface area contributed by atoms with Crippen molar-refractivity contribution >= 4 is 15.8 Å². The van der Waals surface area contributed by atoms with Crippen molar-refractivity contribution in [1.29, 1.82) is 0 Å². The summed E-state index contributed by atoms with van der Waals surface area (Å²) in [7, 11) is -2.84. The van der Waals surface area contributed by atoms with Gasteiger partial charge in [-0.25, -0.2) is 8.42 Å². The molecule has 0 radical (unpaired) electrons. The number of aliphatic imine (C=N–C) groups is 1. The monoisotopic (exact) mass is 369 g/mol. The summed E-state index contributed by atoms with van der Waals surface area (Å²) in [5, 5.41) is 6.88. The molecule has 144 valence electrons. The first-order chi connectivity index (χ1) is 11.5. The van der Waals surface area contributed by atoms with Crippen molar-refractivity contribution in [1.82, 2.24) is 10.6 Å². The molecule has 0 bridgehead atoms. The molecule has 25 heavy (non-hydrogen) atoms. The number of guanidine groups is 1. The molecule has 0 aromatic carbocycles. The van der Waals surface area contributed by atoms with Crippen LogP contribution in [0.2, 0.25) is 0 Å². The standard InChI is InChI=1S/C19H35N3O2S/c1-6-8-20-17(21-12-15-7-9-25(23,24)13-15)22-16-10-18(2,3)14-19(4,5)11-16/h6,15-16H,1,7-14H2,2-5H3,(H2,20,21,22). The second-order valence-corrected chi connectivity index (χ2v) is 11.6. The van der Waals surface area contributed by atoms with E-state index in [1.807, 2.05) is 6.08 Å². The van der Waals surface area contributed by atoms with Gasteiger partial charge in [0.05, 0.1) is 11.5 Å². The molecule has 0 amide bonds. The maximum atomic E-state index is 11.6. The number of sulfone groups is 1. The van der Waals surface area contributed by atoms with E-state index in [4.69, 9.17) is 0 Å². The molecule has 6 heteroatoms. The van der Waals surface area contributed by atoms with E-state index >= 15 is 0 Å². The SMILES string of the molecule is C=CCNC(=NCC1CCS(=O)(=O)C1)NC1CC(C)(C)CC(C)(C)C1. The summed E-state index contributed by atoms with van der Waals surface area (Å²) in [6.45, 7) is 14.3. The van der Waals surface area contributed by atoms with E-state index < -0.39 is 9.84 Å². The Labute approximate surface area is 153 Å². The van der Waals surface area contributed by atoms with Crippen LogP contribution in [0.3, 0.4) is 0 Å². The minimum absolute atomic E-state index is 0.145. The number of hydrogen-bond donors (Lipinski definition) is 2. The maximum absolute atomic E-state index is 11.6. The third-order valence-electron chi connectivity index (χ3n) is 5.14. The Hall–Kier alpha value is -1.04. The molecule has 2 rings (SSSR count). The van der Waals surface area contributed by atoms with Gasteiger partial charge in [0.1, 0.15) is 0 Å². The summed E-state index contributed by atoms with van der Waals surface area (Å²) >= 11 is 0. The molecular weight excluding hydrogens is 334 g/mol. The molecule has 2 aliphatic rings. The lowest BCUT2D eigenvalue weighted by Crippen LogP contribution is -2.50. The summed E-state index contributed by atoms with van der Waals surface area (Å²) in [6, 6.07) is 0.377. The molecule has 1 aliphatic carbocycles. The van der Waals surface area contributed by atoms with Gasteiger partial charge in [-0.1, -0.05) is 33.8 Å². The number of hydrogen-bond acceptors (Lipinski definition) is 3. The van der Waals surface area contributed by atoms with Gasteiger partial charge < -0.3 is 10.6 Å². The summed E-state index contributed by atoms with van der Waals surface area (Å²) in [4.78, 5) is 4.68. The van der Waals surface area contributed by atoms with Crippen LogP contribution in [0.5, 0.6) is 0 Å². The highest BCUT2D eigenvalue weighted by Crippen LogP contribution is 2.45. The highest BCUT2D eigenvalue weighted by Gasteiger charge is 2.38. The third kappa shape index (κ3) is 6.65. The average molecular weight is 370 g/mol. The van der Waals surface area contributed by atoms with Gasteiger partial charge in [0.15, 0.2) is 15.8 Å². The van der Waals surface area contributed by atoms with Crippen molar-refractivity contribution in [3.8, 4) is 0 Å². The zero-order valence-corrected chi connectivity index (χ0v) is 17.1. The molecular formula is C19H35N3O2S. The van der Waals surface area contributed by atoms with Gasteiger partial charge in [-0.05, 0) is 42.4 Å². The number of nitrogens with one attached hydrogen (secondary N) is 2. The van der Waals surface area contributed by atoms with Crippen molar-refractivity contribution in [3.05, 3.63) is 12.7 Å². The second-order valence-electron chi connectivity index (χ2n) is 9.38. The highest BCUT2D eigenvalue weighted by atomic mass is 32.2. The van der Waals surface area contributed by atoms with Crippen LogP contribution < -0.4 is 10.6 Å². The molecule has 1 aliphatic heterocycles. The zero-order chi connectivity index (χ0) is 18.7. The normalized spacial score (nSPS) is 28.5. The molecule has 0 aromatic heterocycles. The minimum atomic E-state index is -2.84. The van der Waals surface area contributed by atoms with Crippen LogP contribution in [0.25, 0.3) is 0 Å². The predicted octanol–water partition coefficient (Wildman–Crippen LogP) is 2.75. The number of nitrogens with zero attached hydrogens (tertiary/aromatic N) is 1. The quantitative estimate of drug-likeness (QED) is 0.444. The number of rotatable bonds is 5. The Morgan fingerprint density at radius 3 is 2.40 bits per heavy atom. The van der Waals surface area contributed by atoms with Crippen LogP contribution in [0, 0.1) is 16.7 Å². The van der Waals surface area contributed by atoms with Gasteiger partial charge in [-0.3, -0.25) is 4.99 Å². The van der Waals surface area contributed by atoms with E-state index in [0.717, 1.165) is 25.2 Å². The largest absolute Gasteiger partial charge is 0.354 e. The van der Waals surface area contributed by atoms with Crippen LogP contribution in [0.1, 0.15) is 53.4 Å². The fraction of sp³-hybridized carbons (Fsp3) is 0.842. The third-order valence-corrected chi connectivity index (χ3v) is 6.98. The van der Waals surface area contributed by atoms with Gasteiger partial charge in [-0.2, -0.15) is 0 Å². The van der Waals surface area contributed by atoms with Gasteiger partial charge >= 0.3 is 0 Å². The zero-order valence-electron chi connectivity index (χ0n) is 16.3. The molecule has 1 atom stereocenters. The molecule has 0 aromatic rings. The Bertz CT molecular complexity index is 592. The van der Waals surface area contributed by atoms with E-state index in [0.29, 0.717) is 35.7 Å². The van der Waals surface area contributed by atoms with E-state index in [1.165, 1.54) is 6.42 Å². The molecule has 5 nitrogen and oxygen atoms in total. The van der Waals surface area contributed by atoms with Crippen LogP contribution in [-0.4, -0.2) is 45.0 Å². The lowest BCUT2D eigenvalue weighted by atomic mass is 9.63. The molecule has 1 unspecified atom stereocenters. The summed E-state index contributed by atoms with van der Waals surface area (Å²) in [5.74, 6) is 1.50. The Kier molecular flexibility index (Phi) is 6.23. The molecule has 1 heterocycles. The van der Waals surface area contributed by atoms with Crippen molar-refractivity contribution in [2.45, 2.75) is 59.4 Å². The van der Waals surface area contributed by atoms with Crippen molar-refractivity contribution in [2.24, 2.45) is 21.7 Å². The van der Waals surface area contributed by atoms with Gasteiger partial charge in [0.2, 0.25) is 0 Å². The van der Waals surface area contributed by atoms with Gasteiger partial charge in [0, 0.05) is 19.1 Å². The molecule has 1 saturated heterocycles. The van der Waals surface area contributed by atoms with Crippen LogP contribution >= 0.6 is 0 Å². The van der Waals surface area contributed by atoms with E-state index in [9.17, 15) is 8.42 Å². The van der Waals surface area contributed by atoms with Crippen LogP contribution in [0.4, 0.5) is 0 Å². The summed E-state index contributed by atoms with van der Waals surface area (Å²) in [6.07, 6.45) is 5.99. The highest BCUT2D eigenvalue weighted by molar-refractivity contribution is 7.91. The minimum Gasteiger partial charge on any atom is -0.354 e. The lowest BCUT2D eigenvalue weighted by molar-refractivity contribution is 0.0918. The molecule has 1 saturated carbocycles. The first-order valence-corrected chi connectivity index (χ1v) is 11.2. The second kappa shape index (κ2) is 7.68. The Morgan fingerprint density at radius 2 is 1.88 bits per heavy atom. The van der Waals surface area contributed by atoms with E-state index in [-0.39, 0.29) is 11.7 Å². The fourth-order valence-corrected chi connectivity index (χ4v) is 6.55.